The van der Waals surface area contributed by atoms with Crippen LogP contribution in [0.3, 0.4) is 0 Å². The topological polar surface area (TPSA) is 21.3 Å². The third-order valence-electron chi connectivity index (χ3n) is 2.35. The molecule has 0 aliphatic heterocycles. The molecule has 0 saturated carbocycles. The predicted molar refractivity (Wildman–Crippen MR) is 72.3 cm³/mol. The third-order valence-corrected chi connectivity index (χ3v) is 3.44. The molecular weight excluding hydrogens is 289 g/mol. The molecule has 0 saturated heterocycles. The van der Waals surface area contributed by atoms with Crippen molar-refractivity contribution in [2.75, 3.05) is 13.7 Å². The largest absolute Gasteiger partial charge is 0.496 e. The molecule has 1 unspecified atom stereocenters. The van der Waals surface area contributed by atoms with E-state index in [-0.39, 0.29) is 5.38 Å². The molecule has 0 aliphatic rings. The second-order valence-corrected chi connectivity index (χ2v) is 5.08. The van der Waals surface area contributed by atoms with Gasteiger partial charge in [-0.25, -0.2) is 0 Å². The molecule has 1 aromatic rings. The highest BCUT2D eigenvalue weighted by molar-refractivity contribution is 9.10. The van der Waals surface area contributed by atoms with Gasteiger partial charge in [0.05, 0.1) is 11.6 Å². The summed E-state index contributed by atoms with van der Waals surface area (Å²) < 4.78 is 6.15. The summed E-state index contributed by atoms with van der Waals surface area (Å²) in [6.45, 7) is 3.75. The molecule has 1 aromatic carbocycles. The summed E-state index contributed by atoms with van der Waals surface area (Å²) in [5.74, 6) is 0.854. The highest BCUT2D eigenvalue weighted by Gasteiger charge is 2.03. The van der Waals surface area contributed by atoms with Crippen molar-refractivity contribution < 1.29 is 4.74 Å². The molecular formula is C12H17BrClNO. The molecule has 90 valence electrons. The first-order valence-electron chi connectivity index (χ1n) is 5.34. The van der Waals surface area contributed by atoms with E-state index in [2.05, 4.69) is 34.2 Å². The van der Waals surface area contributed by atoms with Gasteiger partial charge in [-0.3, -0.25) is 0 Å². The molecule has 1 atom stereocenters. The second-order valence-electron chi connectivity index (χ2n) is 3.61. The van der Waals surface area contributed by atoms with E-state index < -0.39 is 0 Å². The lowest BCUT2D eigenvalue weighted by atomic mass is 10.2. The second kappa shape index (κ2) is 7.15. The Morgan fingerprint density at radius 2 is 2.25 bits per heavy atom. The SMILES string of the molecule is CCC(Cl)CNCc1ccc(OC)c(Br)c1. The average molecular weight is 307 g/mol. The van der Waals surface area contributed by atoms with Crippen LogP contribution in [0.1, 0.15) is 18.9 Å². The Morgan fingerprint density at radius 1 is 1.50 bits per heavy atom. The maximum absolute atomic E-state index is 6.02. The molecule has 2 nitrogen and oxygen atoms in total. The highest BCUT2D eigenvalue weighted by Crippen LogP contribution is 2.25. The molecule has 1 N–H and O–H groups in total. The molecule has 16 heavy (non-hydrogen) atoms. The Hall–Kier alpha value is -0.250. The molecule has 0 amide bonds. The molecule has 0 spiro atoms. The quantitative estimate of drug-likeness (QED) is 0.811. The van der Waals surface area contributed by atoms with Gasteiger partial charge in [0.1, 0.15) is 5.75 Å². The first kappa shape index (κ1) is 13.8. The van der Waals surface area contributed by atoms with Gasteiger partial charge in [0.25, 0.3) is 0 Å². The standard InChI is InChI=1S/C12H17BrClNO/c1-3-10(14)8-15-7-9-4-5-12(16-2)11(13)6-9/h4-6,10,15H,3,7-8H2,1-2H3. The fourth-order valence-electron chi connectivity index (χ4n) is 1.34. The van der Waals surface area contributed by atoms with Crippen molar-refractivity contribution in [3.63, 3.8) is 0 Å². The maximum atomic E-state index is 6.02. The third kappa shape index (κ3) is 4.32. The number of nitrogens with one attached hydrogen (secondary N) is 1. The van der Waals surface area contributed by atoms with Gasteiger partial charge >= 0.3 is 0 Å². The monoisotopic (exact) mass is 305 g/mol. The number of alkyl halides is 1. The molecule has 0 radical (unpaired) electrons. The van der Waals surface area contributed by atoms with Crippen molar-refractivity contribution in [2.24, 2.45) is 0 Å². The summed E-state index contributed by atoms with van der Waals surface area (Å²) in [7, 11) is 1.66. The average Bonchev–Trinajstić information content (AvgIpc) is 2.29. The van der Waals surface area contributed by atoms with Gasteiger partial charge in [-0.05, 0) is 40.0 Å². The van der Waals surface area contributed by atoms with Crippen LogP contribution >= 0.6 is 27.5 Å². The lowest BCUT2D eigenvalue weighted by Gasteiger charge is -2.10. The number of benzene rings is 1. The summed E-state index contributed by atoms with van der Waals surface area (Å²) in [6, 6.07) is 6.06. The number of hydrogen-bond donors (Lipinski definition) is 1. The maximum Gasteiger partial charge on any atom is 0.133 e. The molecule has 0 aliphatic carbocycles. The number of rotatable bonds is 6. The normalized spacial score (nSPS) is 12.5. The predicted octanol–water partition coefficient (Wildman–Crippen LogP) is 3.56. The van der Waals surface area contributed by atoms with Crippen LogP contribution in [0.25, 0.3) is 0 Å². The van der Waals surface area contributed by atoms with Crippen LogP contribution in [0, 0.1) is 0 Å². The fraction of sp³-hybridized carbons (Fsp3) is 0.500. The smallest absolute Gasteiger partial charge is 0.133 e. The van der Waals surface area contributed by atoms with Crippen molar-refractivity contribution in [2.45, 2.75) is 25.3 Å². The lowest BCUT2D eigenvalue weighted by molar-refractivity contribution is 0.412. The molecule has 1 rings (SSSR count). The van der Waals surface area contributed by atoms with E-state index in [0.29, 0.717) is 0 Å². The van der Waals surface area contributed by atoms with Gasteiger partial charge in [0.2, 0.25) is 0 Å². The molecule has 0 fully saturated rings. The van der Waals surface area contributed by atoms with E-state index >= 15 is 0 Å². The van der Waals surface area contributed by atoms with E-state index in [4.69, 9.17) is 16.3 Å². The Labute approximate surface area is 110 Å². The molecule has 0 aromatic heterocycles. The van der Waals surface area contributed by atoms with Gasteiger partial charge in [0.15, 0.2) is 0 Å². The van der Waals surface area contributed by atoms with E-state index in [1.807, 2.05) is 12.1 Å². The van der Waals surface area contributed by atoms with Crippen molar-refractivity contribution >= 4 is 27.5 Å². The molecule has 4 heteroatoms. The first-order chi connectivity index (χ1) is 7.67. The highest BCUT2D eigenvalue weighted by atomic mass is 79.9. The van der Waals surface area contributed by atoms with Crippen molar-refractivity contribution in [1.29, 1.82) is 0 Å². The van der Waals surface area contributed by atoms with Crippen molar-refractivity contribution in [3.8, 4) is 5.75 Å². The van der Waals surface area contributed by atoms with Crippen LogP contribution in [-0.4, -0.2) is 19.0 Å². The zero-order chi connectivity index (χ0) is 12.0. The van der Waals surface area contributed by atoms with Gasteiger partial charge in [0, 0.05) is 18.5 Å². The van der Waals surface area contributed by atoms with Crippen LogP contribution in [0.4, 0.5) is 0 Å². The van der Waals surface area contributed by atoms with Crippen LogP contribution in [0.2, 0.25) is 0 Å². The first-order valence-corrected chi connectivity index (χ1v) is 6.57. The van der Waals surface area contributed by atoms with Crippen LogP contribution in [0.15, 0.2) is 22.7 Å². The van der Waals surface area contributed by atoms with E-state index in [9.17, 15) is 0 Å². The summed E-state index contributed by atoms with van der Waals surface area (Å²) >= 11 is 9.48. The van der Waals surface area contributed by atoms with Gasteiger partial charge in [-0.1, -0.05) is 13.0 Å². The minimum Gasteiger partial charge on any atom is -0.496 e. The van der Waals surface area contributed by atoms with Crippen LogP contribution in [-0.2, 0) is 6.54 Å². The van der Waals surface area contributed by atoms with Gasteiger partial charge in [-0.15, -0.1) is 11.6 Å². The number of methoxy groups -OCH3 is 1. The Balaban J connectivity index is 2.46. The molecule has 0 heterocycles. The summed E-state index contributed by atoms with van der Waals surface area (Å²) in [5, 5.41) is 3.53. The number of hydrogen-bond acceptors (Lipinski definition) is 2. The van der Waals surface area contributed by atoms with Crippen molar-refractivity contribution in [3.05, 3.63) is 28.2 Å². The summed E-state index contributed by atoms with van der Waals surface area (Å²) in [6.07, 6.45) is 0.987. The van der Waals surface area contributed by atoms with Gasteiger partial charge < -0.3 is 10.1 Å². The number of halogens is 2. The Kier molecular flexibility index (Phi) is 6.17. The lowest BCUT2D eigenvalue weighted by Crippen LogP contribution is -2.22. The van der Waals surface area contributed by atoms with E-state index in [1.165, 1.54) is 5.56 Å². The summed E-state index contributed by atoms with van der Waals surface area (Å²) in [4.78, 5) is 0. The Morgan fingerprint density at radius 3 is 2.81 bits per heavy atom. The van der Waals surface area contributed by atoms with Crippen LogP contribution in [0.5, 0.6) is 5.75 Å². The van der Waals surface area contributed by atoms with Gasteiger partial charge in [-0.2, -0.15) is 0 Å². The molecule has 0 bridgehead atoms. The minimum absolute atomic E-state index is 0.210. The van der Waals surface area contributed by atoms with E-state index in [0.717, 1.165) is 29.7 Å². The number of ether oxygens (including phenoxy) is 1. The zero-order valence-corrected chi connectivity index (χ0v) is 11.9. The Bertz CT molecular complexity index is 333. The fourth-order valence-corrected chi connectivity index (χ4v) is 2.03. The van der Waals surface area contributed by atoms with Crippen molar-refractivity contribution in [1.82, 2.24) is 5.32 Å². The minimum atomic E-state index is 0.210. The van der Waals surface area contributed by atoms with E-state index in [1.54, 1.807) is 7.11 Å². The zero-order valence-electron chi connectivity index (χ0n) is 9.59. The van der Waals surface area contributed by atoms with Crippen LogP contribution < -0.4 is 10.1 Å². The summed E-state index contributed by atoms with van der Waals surface area (Å²) in [5.41, 5.74) is 1.22.